The molecule has 0 radical (unpaired) electrons. The molecule has 5 nitrogen and oxygen atoms in total. The van der Waals surface area contributed by atoms with Gasteiger partial charge in [-0.2, -0.15) is 0 Å². The Kier molecular flexibility index (Phi) is 7.17. The van der Waals surface area contributed by atoms with Gasteiger partial charge in [0.25, 0.3) is 5.91 Å². The van der Waals surface area contributed by atoms with Crippen LogP contribution in [0.2, 0.25) is 0 Å². The fourth-order valence-electron chi connectivity index (χ4n) is 2.70. The topological polar surface area (TPSA) is 55.8 Å². The van der Waals surface area contributed by atoms with E-state index in [1.165, 1.54) is 13.2 Å². The molecule has 0 saturated heterocycles. The Balaban J connectivity index is 2.16. The number of nitrogens with zero attached hydrogens (tertiary/aromatic N) is 1. The standard InChI is InChI=1S/C22H25NO4/c1-5-23(6-2)22(25)17-10-7-16(8-11-17)9-13-20(24)19-15-18(26-3)12-14-21(19)27-4/h7-15H,5-6H2,1-4H3/b13-9+. The largest absolute Gasteiger partial charge is 0.497 e. The van der Waals surface area contributed by atoms with E-state index in [0.717, 1.165) is 5.56 Å². The summed E-state index contributed by atoms with van der Waals surface area (Å²) >= 11 is 0. The number of amides is 1. The number of ether oxygens (including phenoxy) is 2. The van der Waals surface area contributed by atoms with E-state index in [1.54, 1.807) is 48.4 Å². The molecule has 2 rings (SSSR count). The molecule has 5 heteroatoms. The second-order valence-electron chi connectivity index (χ2n) is 5.86. The van der Waals surface area contributed by atoms with Crippen molar-refractivity contribution in [3.63, 3.8) is 0 Å². The highest BCUT2D eigenvalue weighted by molar-refractivity contribution is 6.09. The minimum Gasteiger partial charge on any atom is -0.497 e. The minimum absolute atomic E-state index is 0.00715. The predicted molar refractivity (Wildman–Crippen MR) is 107 cm³/mol. The summed E-state index contributed by atoms with van der Waals surface area (Å²) in [6, 6.07) is 12.3. The highest BCUT2D eigenvalue weighted by atomic mass is 16.5. The van der Waals surface area contributed by atoms with E-state index in [0.29, 0.717) is 35.7 Å². The van der Waals surface area contributed by atoms with Crippen LogP contribution in [0.3, 0.4) is 0 Å². The van der Waals surface area contributed by atoms with E-state index in [4.69, 9.17) is 9.47 Å². The van der Waals surface area contributed by atoms with E-state index in [1.807, 2.05) is 26.0 Å². The summed E-state index contributed by atoms with van der Waals surface area (Å²) in [5, 5.41) is 0. The molecule has 2 aromatic rings. The van der Waals surface area contributed by atoms with Gasteiger partial charge in [-0.25, -0.2) is 0 Å². The van der Waals surface area contributed by atoms with Gasteiger partial charge in [0, 0.05) is 18.7 Å². The summed E-state index contributed by atoms with van der Waals surface area (Å²) in [6.45, 7) is 5.26. The Morgan fingerprint density at radius 3 is 2.19 bits per heavy atom. The van der Waals surface area contributed by atoms with E-state index in [2.05, 4.69) is 0 Å². The van der Waals surface area contributed by atoms with Crippen LogP contribution in [0.15, 0.2) is 48.5 Å². The average Bonchev–Trinajstić information content (AvgIpc) is 2.72. The number of hydrogen-bond donors (Lipinski definition) is 0. The number of allylic oxidation sites excluding steroid dienone is 1. The van der Waals surface area contributed by atoms with Crippen LogP contribution in [0.25, 0.3) is 6.08 Å². The van der Waals surface area contributed by atoms with Crippen LogP contribution >= 0.6 is 0 Å². The molecule has 0 N–H and O–H groups in total. The molecule has 0 unspecified atom stereocenters. The molecule has 1 amide bonds. The van der Waals surface area contributed by atoms with Crippen molar-refractivity contribution < 1.29 is 19.1 Å². The van der Waals surface area contributed by atoms with Crippen LogP contribution in [0, 0.1) is 0 Å². The monoisotopic (exact) mass is 367 g/mol. The lowest BCUT2D eigenvalue weighted by Crippen LogP contribution is -2.30. The van der Waals surface area contributed by atoms with Crippen LogP contribution in [-0.2, 0) is 0 Å². The molecule has 0 spiro atoms. The van der Waals surface area contributed by atoms with Gasteiger partial charge in [0.2, 0.25) is 0 Å². The lowest BCUT2D eigenvalue weighted by Gasteiger charge is -2.18. The Morgan fingerprint density at radius 2 is 1.63 bits per heavy atom. The lowest BCUT2D eigenvalue weighted by molar-refractivity contribution is 0.0772. The summed E-state index contributed by atoms with van der Waals surface area (Å²) in [5.74, 6) is 0.902. The second-order valence-corrected chi connectivity index (χ2v) is 5.86. The van der Waals surface area contributed by atoms with Gasteiger partial charge in [-0.05, 0) is 55.8 Å². The quantitative estimate of drug-likeness (QED) is 0.521. The van der Waals surface area contributed by atoms with Gasteiger partial charge in [0.1, 0.15) is 11.5 Å². The maximum atomic E-state index is 12.5. The van der Waals surface area contributed by atoms with Crippen LogP contribution < -0.4 is 9.47 Å². The zero-order valence-corrected chi connectivity index (χ0v) is 16.2. The van der Waals surface area contributed by atoms with Gasteiger partial charge < -0.3 is 14.4 Å². The van der Waals surface area contributed by atoms with Crippen molar-refractivity contribution in [2.45, 2.75) is 13.8 Å². The third kappa shape index (κ3) is 4.97. The van der Waals surface area contributed by atoms with Crippen molar-refractivity contribution in [1.29, 1.82) is 0 Å². The van der Waals surface area contributed by atoms with Gasteiger partial charge in [0.05, 0.1) is 19.8 Å². The lowest BCUT2D eigenvalue weighted by atomic mass is 10.1. The van der Waals surface area contributed by atoms with Crippen LogP contribution in [-0.4, -0.2) is 43.9 Å². The molecule has 0 aliphatic heterocycles. The molecule has 0 atom stereocenters. The first-order valence-corrected chi connectivity index (χ1v) is 8.87. The molecule has 0 aliphatic carbocycles. The number of methoxy groups -OCH3 is 2. The van der Waals surface area contributed by atoms with Gasteiger partial charge >= 0.3 is 0 Å². The first kappa shape index (κ1) is 20.2. The third-order valence-corrected chi connectivity index (χ3v) is 4.31. The summed E-state index contributed by atoms with van der Waals surface area (Å²) in [5.41, 5.74) is 1.90. The van der Waals surface area contributed by atoms with E-state index in [9.17, 15) is 9.59 Å². The first-order chi connectivity index (χ1) is 13.0. The molecule has 0 heterocycles. The zero-order chi connectivity index (χ0) is 19.8. The van der Waals surface area contributed by atoms with Crippen LogP contribution in [0.1, 0.15) is 40.1 Å². The highest BCUT2D eigenvalue weighted by Gasteiger charge is 2.13. The fraction of sp³-hybridized carbons (Fsp3) is 0.273. The van der Waals surface area contributed by atoms with Crippen molar-refractivity contribution in [1.82, 2.24) is 4.90 Å². The van der Waals surface area contributed by atoms with Crippen molar-refractivity contribution in [3.05, 3.63) is 65.2 Å². The van der Waals surface area contributed by atoms with Crippen molar-refractivity contribution in [3.8, 4) is 11.5 Å². The third-order valence-electron chi connectivity index (χ3n) is 4.31. The SMILES string of the molecule is CCN(CC)C(=O)c1ccc(/C=C/C(=O)c2cc(OC)ccc2OC)cc1. The number of hydrogen-bond acceptors (Lipinski definition) is 4. The number of carbonyl (C=O) groups is 2. The maximum Gasteiger partial charge on any atom is 0.253 e. The predicted octanol–water partition coefficient (Wildman–Crippen LogP) is 4.08. The Labute approximate surface area is 160 Å². The van der Waals surface area contributed by atoms with E-state index in [-0.39, 0.29) is 11.7 Å². The number of rotatable bonds is 8. The fourth-order valence-corrected chi connectivity index (χ4v) is 2.70. The highest BCUT2D eigenvalue weighted by Crippen LogP contribution is 2.25. The number of benzene rings is 2. The van der Waals surface area contributed by atoms with Crippen molar-refractivity contribution in [2.24, 2.45) is 0 Å². The number of ketones is 1. The van der Waals surface area contributed by atoms with Crippen molar-refractivity contribution >= 4 is 17.8 Å². The van der Waals surface area contributed by atoms with E-state index >= 15 is 0 Å². The Morgan fingerprint density at radius 1 is 0.963 bits per heavy atom. The van der Waals surface area contributed by atoms with Gasteiger partial charge in [-0.1, -0.05) is 18.2 Å². The van der Waals surface area contributed by atoms with Gasteiger partial charge in [-0.3, -0.25) is 9.59 Å². The average molecular weight is 367 g/mol. The molecule has 0 fully saturated rings. The molecule has 0 aliphatic rings. The summed E-state index contributed by atoms with van der Waals surface area (Å²) in [7, 11) is 3.07. The van der Waals surface area contributed by atoms with Crippen LogP contribution in [0.4, 0.5) is 0 Å². The zero-order valence-electron chi connectivity index (χ0n) is 16.2. The van der Waals surface area contributed by atoms with Gasteiger partial charge in [-0.15, -0.1) is 0 Å². The molecule has 0 bridgehead atoms. The smallest absolute Gasteiger partial charge is 0.253 e. The summed E-state index contributed by atoms with van der Waals surface area (Å²) < 4.78 is 10.4. The molecule has 0 saturated carbocycles. The van der Waals surface area contributed by atoms with Gasteiger partial charge in [0.15, 0.2) is 5.78 Å². The van der Waals surface area contributed by atoms with E-state index < -0.39 is 0 Å². The molecular formula is C22H25NO4. The first-order valence-electron chi connectivity index (χ1n) is 8.87. The molecular weight excluding hydrogens is 342 g/mol. The summed E-state index contributed by atoms with van der Waals surface area (Å²) in [6.07, 6.45) is 3.20. The molecule has 2 aromatic carbocycles. The molecule has 27 heavy (non-hydrogen) atoms. The normalized spacial score (nSPS) is 10.7. The number of carbonyl (C=O) groups excluding carboxylic acids is 2. The molecule has 0 aromatic heterocycles. The summed E-state index contributed by atoms with van der Waals surface area (Å²) in [4.78, 5) is 26.6. The Hall–Kier alpha value is -3.08. The Bertz CT molecular complexity index is 821. The van der Waals surface area contributed by atoms with Crippen LogP contribution in [0.5, 0.6) is 11.5 Å². The maximum absolute atomic E-state index is 12.5. The molecule has 142 valence electrons. The minimum atomic E-state index is -0.186. The van der Waals surface area contributed by atoms with Crippen molar-refractivity contribution in [2.75, 3.05) is 27.3 Å². The second kappa shape index (κ2) is 9.57.